The molecule has 2 aliphatic carbocycles. The summed E-state index contributed by atoms with van der Waals surface area (Å²) >= 11 is 0. The number of aryl methyl sites for hydroxylation is 1. The van der Waals surface area contributed by atoms with Crippen molar-refractivity contribution in [2.24, 2.45) is 5.92 Å². The van der Waals surface area contributed by atoms with Crippen molar-refractivity contribution < 1.29 is 17.6 Å². The predicted octanol–water partition coefficient (Wildman–Crippen LogP) is 3.92. The topological polar surface area (TPSA) is 67.6 Å². The molecule has 4 rings (SSSR count). The highest BCUT2D eigenvalue weighted by atomic mass is 32.2. The van der Waals surface area contributed by atoms with Crippen LogP contribution in [0.2, 0.25) is 0 Å². The van der Waals surface area contributed by atoms with Crippen LogP contribution in [0.5, 0.6) is 0 Å². The molecule has 0 spiro atoms. The SMILES string of the molecule is Cc1ccc(S(C)(=O)=O)cc1C(=O)N(Cc1ccc(C2CC2C)o1)C1CC1. The van der Waals surface area contributed by atoms with Gasteiger partial charge in [0.05, 0.1) is 11.4 Å². The monoisotopic (exact) mass is 387 g/mol. The molecule has 1 amide bonds. The fourth-order valence-corrected chi connectivity index (χ4v) is 4.18. The first-order valence-corrected chi connectivity index (χ1v) is 11.3. The van der Waals surface area contributed by atoms with E-state index >= 15 is 0 Å². The number of sulfone groups is 1. The average molecular weight is 388 g/mol. The molecular weight excluding hydrogens is 362 g/mol. The fourth-order valence-electron chi connectivity index (χ4n) is 3.54. The van der Waals surface area contributed by atoms with E-state index in [4.69, 9.17) is 4.42 Å². The van der Waals surface area contributed by atoms with Gasteiger partial charge in [0, 0.05) is 23.8 Å². The van der Waals surface area contributed by atoms with Crippen molar-refractivity contribution >= 4 is 15.7 Å². The Labute approximate surface area is 160 Å². The normalized spacial score (nSPS) is 21.9. The first kappa shape index (κ1) is 18.3. The lowest BCUT2D eigenvalue weighted by atomic mass is 10.1. The van der Waals surface area contributed by atoms with Crippen LogP contribution in [0.15, 0.2) is 39.6 Å². The molecule has 144 valence electrons. The standard InChI is InChI=1S/C21H25NO4S/c1-13-4-8-17(27(3,24)25)11-19(13)21(23)22(15-5-6-15)12-16-7-9-20(26-16)18-10-14(18)2/h4,7-9,11,14-15,18H,5-6,10,12H2,1-3H3. The van der Waals surface area contributed by atoms with Crippen LogP contribution in [0.3, 0.4) is 0 Å². The lowest BCUT2D eigenvalue weighted by Crippen LogP contribution is -2.33. The summed E-state index contributed by atoms with van der Waals surface area (Å²) in [5, 5.41) is 0. The predicted molar refractivity (Wildman–Crippen MR) is 102 cm³/mol. The maximum atomic E-state index is 13.2. The van der Waals surface area contributed by atoms with E-state index in [-0.39, 0.29) is 16.8 Å². The van der Waals surface area contributed by atoms with Crippen LogP contribution >= 0.6 is 0 Å². The maximum absolute atomic E-state index is 13.2. The van der Waals surface area contributed by atoms with Gasteiger partial charge in [0.25, 0.3) is 5.91 Å². The third kappa shape index (κ3) is 3.81. The van der Waals surface area contributed by atoms with Crippen LogP contribution in [-0.4, -0.2) is 31.5 Å². The average Bonchev–Trinajstić information content (AvgIpc) is 3.52. The van der Waals surface area contributed by atoms with Gasteiger partial charge in [0.2, 0.25) is 0 Å². The number of furan rings is 1. The molecule has 0 bridgehead atoms. The maximum Gasteiger partial charge on any atom is 0.254 e. The summed E-state index contributed by atoms with van der Waals surface area (Å²) in [6.45, 7) is 4.47. The highest BCUT2D eigenvalue weighted by molar-refractivity contribution is 7.90. The molecule has 0 N–H and O–H groups in total. The summed E-state index contributed by atoms with van der Waals surface area (Å²) in [6, 6.07) is 8.94. The van der Waals surface area contributed by atoms with Crippen LogP contribution in [0.1, 0.15) is 59.5 Å². The Morgan fingerprint density at radius 1 is 1.22 bits per heavy atom. The van der Waals surface area contributed by atoms with Crippen LogP contribution in [0.4, 0.5) is 0 Å². The zero-order valence-corrected chi connectivity index (χ0v) is 16.8. The highest BCUT2D eigenvalue weighted by Crippen LogP contribution is 2.47. The van der Waals surface area contributed by atoms with E-state index < -0.39 is 9.84 Å². The molecule has 5 nitrogen and oxygen atoms in total. The van der Waals surface area contributed by atoms with Crippen molar-refractivity contribution in [2.75, 3.05) is 6.26 Å². The van der Waals surface area contributed by atoms with Gasteiger partial charge >= 0.3 is 0 Å². The molecule has 0 saturated heterocycles. The molecular formula is C21H25NO4S. The molecule has 1 aromatic carbocycles. The number of amides is 1. The third-order valence-corrected chi connectivity index (χ3v) is 6.71. The fraction of sp³-hybridized carbons (Fsp3) is 0.476. The molecule has 1 heterocycles. The second-order valence-corrected chi connectivity index (χ2v) is 10.1. The van der Waals surface area contributed by atoms with Gasteiger partial charge in [-0.15, -0.1) is 0 Å². The Hall–Kier alpha value is -2.08. The van der Waals surface area contributed by atoms with E-state index in [2.05, 4.69) is 6.92 Å². The van der Waals surface area contributed by atoms with E-state index in [1.807, 2.05) is 24.0 Å². The van der Waals surface area contributed by atoms with Crippen molar-refractivity contribution in [3.05, 3.63) is 53.0 Å². The van der Waals surface area contributed by atoms with E-state index in [1.54, 1.807) is 12.1 Å². The number of hydrogen-bond acceptors (Lipinski definition) is 4. The molecule has 2 saturated carbocycles. The van der Waals surface area contributed by atoms with Gasteiger partial charge in [-0.1, -0.05) is 13.0 Å². The largest absolute Gasteiger partial charge is 0.464 e. The number of hydrogen-bond donors (Lipinski definition) is 0. The van der Waals surface area contributed by atoms with E-state index in [9.17, 15) is 13.2 Å². The minimum Gasteiger partial charge on any atom is -0.464 e. The Bertz CT molecular complexity index is 987. The summed E-state index contributed by atoms with van der Waals surface area (Å²) in [5.74, 6) is 2.86. The Kier molecular flexibility index (Phi) is 4.41. The molecule has 0 radical (unpaired) electrons. The van der Waals surface area contributed by atoms with Crippen LogP contribution < -0.4 is 0 Å². The van der Waals surface area contributed by atoms with E-state index in [1.165, 1.54) is 6.07 Å². The van der Waals surface area contributed by atoms with Crippen LogP contribution in [0.25, 0.3) is 0 Å². The zero-order chi connectivity index (χ0) is 19.3. The lowest BCUT2D eigenvalue weighted by molar-refractivity contribution is 0.0715. The molecule has 2 aliphatic rings. The molecule has 2 unspecified atom stereocenters. The Morgan fingerprint density at radius 3 is 2.52 bits per heavy atom. The van der Waals surface area contributed by atoms with Gasteiger partial charge in [0.15, 0.2) is 9.84 Å². The number of benzene rings is 1. The van der Waals surface area contributed by atoms with Crippen LogP contribution in [0, 0.1) is 12.8 Å². The highest BCUT2D eigenvalue weighted by Gasteiger charge is 2.38. The summed E-state index contributed by atoms with van der Waals surface area (Å²) in [6.07, 6.45) is 4.27. The molecule has 6 heteroatoms. The molecule has 2 aromatic rings. The van der Waals surface area contributed by atoms with E-state index in [0.29, 0.717) is 23.9 Å². The van der Waals surface area contributed by atoms with Gasteiger partial charge in [-0.05, 0) is 61.9 Å². The Balaban J connectivity index is 1.59. The van der Waals surface area contributed by atoms with E-state index in [0.717, 1.165) is 42.6 Å². The van der Waals surface area contributed by atoms with Crippen molar-refractivity contribution in [1.82, 2.24) is 4.90 Å². The first-order valence-electron chi connectivity index (χ1n) is 9.44. The smallest absolute Gasteiger partial charge is 0.254 e. The molecule has 2 fully saturated rings. The molecule has 2 atom stereocenters. The quantitative estimate of drug-likeness (QED) is 0.753. The second-order valence-electron chi connectivity index (χ2n) is 8.04. The third-order valence-electron chi connectivity index (χ3n) is 5.60. The number of rotatable bonds is 6. The number of nitrogens with zero attached hydrogens (tertiary/aromatic N) is 1. The summed E-state index contributed by atoms with van der Waals surface area (Å²) in [7, 11) is -3.36. The summed E-state index contributed by atoms with van der Waals surface area (Å²) in [4.78, 5) is 15.2. The minimum absolute atomic E-state index is 0.127. The molecule has 1 aromatic heterocycles. The van der Waals surface area contributed by atoms with Gasteiger partial charge < -0.3 is 9.32 Å². The number of carbonyl (C=O) groups excluding carboxylic acids is 1. The zero-order valence-electron chi connectivity index (χ0n) is 15.9. The minimum atomic E-state index is -3.36. The molecule has 0 aliphatic heterocycles. The summed E-state index contributed by atoms with van der Waals surface area (Å²) in [5.41, 5.74) is 1.23. The van der Waals surface area contributed by atoms with Gasteiger partial charge in [-0.2, -0.15) is 0 Å². The lowest BCUT2D eigenvalue weighted by Gasteiger charge is -2.22. The number of carbonyl (C=O) groups is 1. The van der Waals surface area contributed by atoms with Crippen molar-refractivity contribution in [3.8, 4) is 0 Å². The second kappa shape index (κ2) is 6.51. The summed E-state index contributed by atoms with van der Waals surface area (Å²) < 4.78 is 29.8. The van der Waals surface area contributed by atoms with Crippen molar-refractivity contribution in [1.29, 1.82) is 0 Å². The van der Waals surface area contributed by atoms with Crippen molar-refractivity contribution in [2.45, 2.75) is 56.5 Å². The van der Waals surface area contributed by atoms with Gasteiger partial charge in [0.1, 0.15) is 11.5 Å². The Morgan fingerprint density at radius 2 is 1.93 bits per heavy atom. The van der Waals surface area contributed by atoms with Gasteiger partial charge in [-0.25, -0.2) is 8.42 Å². The first-order chi connectivity index (χ1) is 12.7. The van der Waals surface area contributed by atoms with Gasteiger partial charge in [-0.3, -0.25) is 4.79 Å². The molecule has 27 heavy (non-hydrogen) atoms. The van der Waals surface area contributed by atoms with Crippen LogP contribution in [-0.2, 0) is 16.4 Å². The van der Waals surface area contributed by atoms with Crippen molar-refractivity contribution in [3.63, 3.8) is 0 Å².